The summed E-state index contributed by atoms with van der Waals surface area (Å²) in [5.41, 5.74) is 0. The molecule has 0 saturated heterocycles. The first-order valence-electron chi connectivity index (χ1n) is 46.3. The van der Waals surface area contributed by atoms with E-state index in [0.29, 0.717) is 38.4 Å². The van der Waals surface area contributed by atoms with Crippen LogP contribution in [0, 0.1) is 0 Å². The molecule has 0 N–H and O–H groups in total. The van der Waals surface area contributed by atoms with Gasteiger partial charge in [-0.2, -0.15) is 0 Å². The van der Waals surface area contributed by atoms with E-state index in [1.54, 1.807) is 0 Å². The van der Waals surface area contributed by atoms with Gasteiger partial charge in [0.2, 0.25) is 0 Å². The Bertz CT molecular complexity index is 2110. The standard InChI is InChI=1S/C96H172O11/c1-6-11-16-21-26-31-36-41-46-51-56-61-66-71-76-81-90(98)103-87-89(105-92(100)83-78-73-68-63-58-53-48-43-38-33-28-23-18-13-8-3)96(107-94(102)85-80-75-70-65-60-55-50-45-40-35-30-25-20-15-10-5)95(106-93(101)84-79-74-69-64-59-54-49-44-39-34-29-24-19-14-9-4)88(86-97)104-91(99)82-77-72-67-62-57-52-47-42-37-32-27-22-17-12-7-2/h41-50,86,88-89,95-96H,6-40,51-85,87H2,1-5H3/b46-41-,47-42-,48-43-,49-44-,50-45-/t88-,89+,95+,96+/m0/s1. The molecule has 0 aliphatic carbocycles. The summed E-state index contributed by atoms with van der Waals surface area (Å²) in [5.74, 6) is -3.06. The predicted molar refractivity (Wildman–Crippen MR) is 454 cm³/mol. The number of ether oxygens (including phenoxy) is 5. The minimum absolute atomic E-state index is 0.00353. The Morgan fingerprint density at radius 1 is 0.215 bits per heavy atom. The molecule has 0 saturated carbocycles. The van der Waals surface area contributed by atoms with Gasteiger partial charge in [-0.15, -0.1) is 0 Å². The second-order valence-corrected chi connectivity index (χ2v) is 31.4. The van der Waals surface area contributed by atoms with Crippen LogP contribution in [0.25, 0.3) is 0 Å². The zero-order valence-corrected chi connectivity index (χ0v) is 70.9. The number of hydrogen-bond donors (Lipinski definition) is 0. The Kier molecular flexibility index (Phi) is 82.3. The van der Waals surface area contributed by atoms with Crippen molar-refractivity contribution < 1.29 is 52.5 Å². The van der Waals surface area contributed by atoms with Gasteiger partial charge in [-0.3, -0.25) is 28.8 Å². The highest BCUT2D eigenvalue weighted by molar-refractivity contribution is 5.75. The number of carbonyl (C=O) groups is 6. The van der Waals surface area contributed by atoms with Crippen molar-refractivity contribution in [2.24, 2.45) is 0 Å². The lowest BCUT2D eigenvalue weighted by Crippen LogP contribution is -2.54. The van der Waals surface area contributed by atoms with E-state index in [2.05, 4.69) is 95.4 Å². The third-order valence-electron chi connectivity index (χ3n) is 20.9. The van der Waals surface area contributed by atoms with E-state index < -0.39 is 60.9 Å². The molecule has 0 aromatic heterocycles. The summed E-state index contributed by atoms with van der Waals surface area (Å²) < 4.78 is 30.9. The lowest BCUT2D eigenvalue weighted by atomic mass is 10.0. The van der Waals surface area contributed by atoms with Crippen LogP contribution in [0.15, 0.2) is 60.8 Å². The van der Waals surface area contributed by atoms with Crippen molar-refractivity contribution in [3.8, 4) is 0 Å². The van der Waals surface area contributed by atoms with Crippen molar-refractivity contribution in [2.75, 3.05) is 6.61 Å². The van der Waals surface area contributed by atoms with E-state index in [4.69, 9.17) is 23.7 Å². The number of hydrogen-bond acceptors (Lipinski definition) is 11. The average Bonchev–Trinajstić information content (AvgIpc) is 0.826. The second-order valence-electron chi connectivity index (χ2n) is 31.4. The molecule has 0 radical (unpaired) electrons. The van der Waals surface area contributed by atoms with Crippen molar-refractivity contribution >= 4 is 36.1 Å². The first-order chi connectivity index (χ1) is 52.7. The highest BCUT2D eigenvalue weighted by Crippen LogP contribution is 2.25. The number of unbranched alkanes of at least 4 members (excludes halogenated alkanes) is 55. The normalized spacial score (nSPS) is 13.0. The smallest absolute Gasteiger partial charge is 0.306 e. The molecular weight excluding hydrogens is 1330 g/mol. The van der Waals surface area contributed by atoms with Crippen molar-refractivity contribution in [3.05, 3.63) is 60.8 Å². The molecule has 0 aromatic rings. The zero-order chi connectivity index (χ0) is 77.7. The molecule has 0 amide bonds. The van der Waals surface area contributed by atoms with Gasteiger partial charge in [0, 0.05) is 32.1 Å². The lowest BCUT2D eigenvalue weighted by molar-refractivity contribution is -0.204. The Balaban J connectivity index is 6.75. The van der Waals surface area contributed by atoms with Crippen LogP contribution in [0.5, 0.6) is 0 Å². The maximum absolute atomic E-state index is 14.4. The van der Waals surface area contributed by atoms with Crippen LogP contribution in [0.2, 0.25) is 0 Å². The molecule has 4 atom stereocenters. The van der Waals surface area contributed by atoms with Crippen LogP contribution >= 0.6 is 0 Å². The molecule has 0 aliphatic heterocycles. The van der Waals surface area contributed by atoms with Gasteiger partial charge in [0.15, 0.2) is 30.7 Å². The van der Waals surface area contributed by atoms with Gasteiger partial charge in [-0.05, 0) is 161 Å². The molecule has 0 aromatic carbocycles. The number of esters is 5. The summed E-state index contributed by atoms with van der Waals surface area (Å²) in [4.78, 5) is 84.2. The summed E-state index contributed by atoms with van der Waals surface area (Å²) in [5, 5.41) is 0. The minimum Gasteiger partial charge on any atom is -0.462 e. The predicted octanol–water partition coefficient (Wildman–Crippen LogP) is 29.6. The van der Waals surface area contributed by atoms with Gasteiger partial charge >= 0.3 is 29.8 Å². The van der Waals surface area contributed by atoms with E-state index in [9.17, 15) is 28.8 Å². The summed E-state index contributed by atoms with van der Waals surface area (Å²) in [6, 6.07) is 0. The maximum Gasteiger partial charge on any atom is 0.306 e. The molecule has 0 spiro atoms. The summed E-state index contributed by atoms with van der Waals surface area (Å²) >= 11 is 0. The van der Waals surface area contributed by atoms with Gasteiger partial charge in [-0.1, -0.05) is 352 Å². The fourth-order valence-corrected chi connectivity index (χ4v) is 13.9. The molecule has 0 unspecified atom stereocenters. The molecule has 622 valence electrons. The Labute approximate surface area is 660 Å². The Morgan fingerprint density at radius 3 is 0.636 bits per heavy atom. The molecule has 0 aliphatic rings. The van der Waals surface area contributed by atoms with Gasteiger partial charge in [0.25, 0.3) is 0 Å². The molecule has 11 heteroatoms. The largest absolute Gasteiger partial charge is 0.462 e. The van der Waals surface area contributed by atoms with Gasteiger partial charge in [0.1, 0.15) is 6.61 Å². The van der Waals surface area contributed by atoms with Crippen molar-refractivity contribution in [2.45, 2.75) is 508 Å². The van der Waals surface area contributed by atoms with Crippen molar-refractivity contribution in [1.82, 2.24) is 0 Å². The third-order valence-corrected chi connectivity index (χ3v) is 20.9. The highest BCUT2D eigenvalue weighted by atomic mass is 16.6. The second kappa shape index (κ2) is 85.7. The number of carbonyl (C=O) groups excluding carboxylic acids is 6. The molecule has 0 rings (SSSR count). The number of aldehydes is 1. The van der Waals surface area contributed by atoms with E-state index in [-0.39, 0.29) is 32.1 Å². The van der Waals surface area contributed by atoms with Crippen LogP contribution < -0.4 is 0 Å². The quantitative estimate of drug-likeness (QED) is 0.0188. The minimum atomic E-state index is -1.72. The SMILES string of the molecule is CCCCCCCC/C=C\CCCCCCCC(=O)OC[C@@H](OC(=O)CCCCCCC/C=C\CCCCCCCC)[C@@H](OC(=O)CCCCCCC/C=C\CCCCCCCC)[C@H](OC(=O)CCCCCCC/C=C\CCCCCCCC)[C@H](C=O)OC(=O)CCCCCCC/C=C\CCCCCCCC. The van der Waals surface area contributed by atoms with Gasteiger partial charge in [0.05, 0.1) is 0 Å². The van der Waals surface area contributed by atoms with E-state index in [1.165, 1.54) is 193 Å². The Hall–Kier alpha value is -4.28. The van der Waals surface area contributed by atoms with Crippen molar-refractivity contribution in [1.29, 1.82) is 0 Å². The monoisotopic (exact) mass is 1500 g/mol. The summed E-state index contributed by atoms with van der Waals surface area (Å²) in [7, 11) is 0. The number of rotatable bonds is 85. The van der Waals surface area contributed by atoms with Gasteiger partial charge in [-0.25, -0.2) is 0 Å². The topological polar surface area (TPSA) is 149 Å². The van der Waals surface area contributed by atoms with Gasteiger partial charge < -0.3 is 23.7 Å². The fraction of sp³-hybridized carbons (Fsp3) is 0.833. The molecule has 0 bridgehead atoms. The van der Waals surface area contributed by atoms with E-state index >= 15 is 0 Å². The van der Waals surface area contributed by atoms with Crippen molar-refractivity contribution in [3.63, 3.8) is 0 Å². The maximum atomic E-state index is 14.4. The molecule has 0 fully saturated rings. The lowest BCUT2D eigenvalue weighted by Gasteiger charge is -2.34. The molecular formula is C96H172O11. The average molecular weight is 1500 g/mol. The molecule has 0 heterocycles. The van der Waals surface area contributed by atoms with Crippen LogP contribution in [0.4, 0.5) is 0 Å². The highest BCUT2D eigenvalue weighted by Gasteiger charge is 2.45. The van der Waals surface area contributed by atoms with Crippen LogP contribution in [0.1, 0.15) is 484 Å². The first kappa shape index (κ1) is 103. The summed E-state index contributed by atoms with van der Waals surface area (Å²) in [6.07, 6.45) is 88.8. The zero-order valence-electron chi connectivity index (χ0n) is 70.9. The van der Waals surface area contributed by atoms with Crippen LogP contribution in [-0.2, 0) is 52.5 Å². The van der Waals surface area contributed by atoms with E-state index in [0.717, 1.165) is 193 Å². The first-order valence-corrected chi connectivity index (χ1v) is 46.3. The molecule has 107 heavy (non-hydrogen) atoms. The summed E-state index contributed by atoms with van der Waals surface area (Å²) in [6.45, 7) is 10.7. The third kappa shape index (κ3) is 75.5. The van der Waals surface area contributed by atoms with Crippen LogP contribution in [-0.4, -0.2) is 67.2 Å². The van der Waals surface area contributed by atoms with Crippen LogP contribution in [0.3, 0.4) is 0 Å². The fourth-order valence-electron chi connectivity index (χ4n) is 13.9. The molecule has 11 nitrogen and oxygen atoms in total. The Morgan fingerprint density at radius 2 is 0.402 bits per heavy atom. The number of allylic oxidation sites excluding steroid dienone is 10. The van der Waals surface area contributed by atoms with E-state index in [1.807, 2.05) is 0 Å².